The molecule has 2 aromatic carbocycles. The molecule has 3 aromatic rings. The smallest absolute Gasteiger partial charge is 0.215 e. The number of allylic oxidation sites excluding steroid dienone is 1. The molecule has 1 aliphatic heterocycles. The third kappa shape index (κ3) is 2.83. The van der Waals surface area contributed by atoms with Crippen molar-refractivity contribution < 1.29 is 5.11 Å². The molecule has 0 saturated carbocycles. The summed E-state index contributed by atoms with van der Waals surface area (Å²) in [7, 11) is 0. The zero-order chi connectivity index (χ0) is 18.3. The minimum Gasteiger partial charge on any atom is -0.493 e. The number of hydrogen-bond donors (Lipinski definition) is 1. The molecule has 26 heavy (non-hydrogen) atoms. The van der Waals surface area contributed by atoms with Crippen molar-refractivity contribution in [3.63, 3.8) is 0 Å². The van der Waals surface area contributed by atoms with Gasteiger partial charge in [0.05, 0.1) is 16.3 Å². The van der Waals surface area contributed by atoms with Gasteiger partial charge in [-0.15, -0.1) is 11.3 Å². The van der Waals surface area contributed by atoms with Crippen LogP contribution in [0, 0.1) is 10.9 Å². The van der Waals surface area contributed by atoms with Gasteiger partial charge in [0.2, 0.25) is 5.88 Å². The molecule has 0 fully saturated rings. The van der Waals surface area contributed by atoms with E-state index in [2.05, 4.69) is 30.1 Å². The van der Waals surface area contributed by atoms with Crippen molar-refractivity contribution >= 4 is 47.1 Å². The number of aromatic nitrogens is 1. The van der Waals surface area contributed by atoms with Gasteiger partial charge in [-0.05, 0) is 54.9 Å². The van der Waals surface area contributed by atoms with Gasteiger partial charge in [-0.3, -0.25) is 9.56 Å². The number of aliphatic imine (C=N–C) groups is 1. The van der Waals surface area contributed by atoms with Crippen LogP contribution < -0.4 is 0 Å². The fraction of sp³-hybridized carbons (Fsp3) is 0.143. The van der Waals surface area contributed by atoms with E-state index in [4.69, 9.17) is 12.2 Å². The summed E-state index contributed by atoms with van der Waals surface area (Å²) in [5, 5.41) is 10.8. The molecule has 4 rings (SSSR count). The summed E-state index contributed by atoms with van der Waals surface area (Å²) < 4.78 is 2.34. The Bertz CT molecular complexity index is 1120. The summed E-state index contributed by atoms with van der Waals surface area (Å²) in [6.07, 6.45) is 4.78. The maximum atomic E-state index is 10.8. The molecule has 1 N–H and O–H groups in total. The number of aromatic hydroxyl groups is 1. The molecular formula is C21H18N2OS2. The van der Waals surface area contributed by atoms with Crippen LogP contribution in [0.4, 0.5) is 5.69 Å². The van der Waals surface area contributed by atoms with Crippen LogP contribution in [0.3, 0.4) is 0 Å². The summed E-state index contributed by atoms with van der Waals surface area (Å²) in [4.78, 5) is 5.32. The first-order valence-corrected chi connectivity index (χ1v) is 9.71. The fourth-order valence-corrected chi connectivity index (χ4v) is 4.49. The number of thiazole rings is 1. The van der Waals surface area contributed by atoms with Gasteiger partial charge in [0.25, 0.3) is 0 Å². The first kappa shape index (κ1) is 16.9. The van der Waals surface area contributed by atoms with Crippen molar-refractivity contribution in [1.82, 2.24) is 4.57 Å². The lowest BCUT2D eigenvalue weighted by Crippen LogP contribution is -1.93. The lowest BCUT2D eigenvalue weighted by molar-refractivity contribution is 0.441. The minimum atomic E-state index is 0.173. The topological polar surface area (TPSA) is 37.5 Å². The molecular weight excluding hydrogens is 360 g/mol. The normalized spacial score (nSPS) is 14.2. The SMILES string of the molecule is CCc1cccc2c1N=CC2=Cc1sc(=S)n(-c2cccc(C)c2)c1O. The summed E-state index contributed by atoms with van der Waals surface area (Å²) in [5.41, 5.74) is 6.36. The number of aryl methyl sites for hydroxylation is 2. The molecule has 130 valence electrons. The monoisotopic (exact) mass is 378 g/mol. The molecule has 0 unspecified atom stereocenters. The standard InChI is InChI=1S/C21H18N2OS2/c1-3-14-7-5-9-17-15(12-22-19(14)17)11-18-20(24)23(21(25)26-18)16-8-4-6-13(2)10-16/h4-12,24H,3H2,1-2H3. The number of para-hydroxylation sites is 1. The molecule has 5 heteroatoms. The second-order valence-electron chi connectivity index (χ2n) is 6.25. The van der Waals surface area contributed by atoms with E-state index in [1.165, 1.54) is 16.9 Å². The van der Waals surface area contributed by atoms with Crippen LogP contribution in [-0.2, 0) is 6.42 Å². The number of rotatable bonds is 3. The summed E-state index contributed by atoms with van der Waals surface area (Å²) in [6, 6.07) is 14.2. The average Bonchev–Trinajstić information content (AvgIpc) is 3.16. The predicted octanol–water partition coefficient (Wildman–Crippen LogP) is 6.10. The Morgan fingerprint density at radius 2 is 2.04 bits per heavy atom. The van der Waals surface area contributed by atoms with Crippen molar-refractivity contribution in [3.8, 4) is 11.6 Å². The highest BCUT2D eigenvalue weighted by atomic mass is 32.1. The van der Waals surface area contributed by atoms with Crippen LogP contribution in [0.2, 0.25) is 0 Å². The zero-order valence-corrected chi connectivity index (χ0v) is 16.2. The Balaban J connectivity index is 1.81. The van der Waals surface area contributed by atoms with Crippen LogP contribution in [0.5, 0.6) is 5.88 Å². The van der Waals surface area contributed by atoms with E-state index in [1.807, 2.05) is 43.5 Å². The second-order valence-corrected chi connectivity index (χ2v) is 7.93. The molecule has 1 aliphatic rings. The Hall–Kier alpha value is -2.50. The number of nitrogens with zero attached hydrogens (tertiary/aromatic N) is 2. The third-order valence-electron chi connectivity index (χ3n) is 4.50. The van der Waals surface area contributed by atoms with E-state index in [1.54, 1.807) is 4.57 Å². The van der Waals surface area contributed by atoms with Crippen molar-refractivity contribution in [2.45, 2.75) is 20.3 Å². The zero-order valence-electron chi connectivity index (χ0n) is 14.6. The van der Waals surface area contributed by atoms with Crippen molar-refractivity contribution in [2.75, 3.05) is 0 Å². The van der Waals surface area contributed by atoms with Crippen molar-refractivity contribution in [2.24, 2.45) is 4.99 Å². The molecule has 0 saturated heterocycles. The Kier molecular flexibility index (Phi) is 4.34. The summed E-state index contributed by atoms with van der Waals surface area (Å²) in [5.74, 6) is 0.173. The molecule has 0 amide bonds. The van der Waals surface area contributed by atoms with Crippen LogP contribution in [0.15, 0.2) is 47.5 Å². The first-order valence-electron chi connectivity index (χ1n) is 8.48. The number of benzene rings is 2. The van der Waals surface area contributed by atoms with E-state index >= 15 is 0 Å². The van der Waals surface area contributed by atoms with E-state index in [9.17, 15) is 5.11 Å². The lowest BCUT2D eigenvalue weighted by Gasteiger charge is -2.06. The predicted molar refractivity (Wildman–Crippen MR) is 113 cm³/mol. The lowest BCUT2D eigenvalue weighted by atomic mass is 10.0. The van der Waals surface area contributed by atoms with Gasteiger partial charge in [-0.1, -0.05) is 37.3 Å². The summed E-state index contributed by atoms with van der Waals surface area (Å²) >= 11 is 6.91. The Morgan fingerprint density at radius 1 is 1.23 bits per heavy atom. The van der Waals surface area contributed by atoms with E-state index in [0.717, 1.165) is 39.4 Å². The quantitative estimate of drug-likeness (QED) is 0.559. The van der Waals surface area contributed by atoms with E-state index in [0.29, 0.717) is 3.95 Å². The highest BCUT2D eigenvalue weighted by Gasteiger charge is 2.17. The Morgan fingerprint density at radius 3 is 2.81 bits per heavy atom. The molecule has 0 radical (unpaired) electrons. The molecule has 0 atom stereocenters. The molecule has 0 aliphatic carbocycles. The average molecular weight is 379 g/mol. The van der Waals surface area contributed by atoms with E-state index in [-0.39, 0.29) is 5.88 Å². The first-order chi connectivity index (χ1) is 12.6. The largest absolute Gasteiger partial charge is 0.493 e. The molecule has 0 spiro atoms. The van der Waals surface area contributed by atoms with Gasteiger partial charge in [0.1, 0.15) is 0 Å². The van der Waals surface area contributed by atoms with Crippen LogP contribution >= 0.6 is 23.6 Å². The van der Waals surface area contributed by atoms with Gasteiger partial charge < -0.3 is 5.11 Å². The van der Waals surface area contributed by atoms with Crippen molar-refractivity contribution in [3.05, 3.63) is 68.0 Å². The highest BCUT2D eigenvalue weighted by molar-refractivity contribution is 7.73. The number of hydrogen-bond acceptors (Lipinski definition) is 4. The van der Waals surface area contributed by atoms with Gasteiger partial charge in [-0.2, -0.15) is 0 Å². The van der Waals surface area contributed by atoms with Crippen molar-refractivity contribution in [1.29, 1.82) is 0 Å². The van der Waals surface area contributed by atoms with Gasteiger partial charge in [0.15, 0.2) is 3.95 Å². The maximum Gasteiger partial charge on any atom is 0.215 e. The van der Waals surface area contributed by atoms with Gasteiger partial charge in [0, 0.05) is 17.4 Å². The van der Waals surface area contributed by atoms with Gasteiger partial charge >= 0.3 is 0 Å². The minimum absolute atomic E-state index is 0.173. The highest BCUT2D eigenvalue weighted by Crippen LogP contribution is 2.38. The van der Waals surface area contributed by atoms with Gasteiger partial charge in [-0.25, -0.2) is 0 Å². The Labute approximate surface area is 161 Å². The van der Waals surface area contributed by atoms with Crippen LogP contribution in [-0.4, -0.2) is 15.9 Å². The summed E-state index contributed by atoms with van der Waals surface area (Å²) in [6.45, 7) is 4.16. The maximum absolute atomic E-state index is 10.8. The van der Waals surface area contributed by atoms with Crippen LogP contribution in [0.25, 0.3) is 17.3 Å². The van der Waals surface area contributed by atoms with Crippen LogP contribution in [0.1, 0.15) is 28.5 Å². The molecule has 0 bridgehead atoms. The molecule has 3 nitrogen and oxygen atoms in total. The third-order valence-corrected chi connectivity index (χ3v) is 5.81. The van der Waals surface area contributed by atoms with E-state index < -0.39 is 0 Å². The molecule has 1 aromatic heterocycles. The second kappa shape index (κ2) is 6.67. The molecule has 2 heterocycles. The fourth-order valence-electron chi connectivity index (χ4n) is 3.19. The number of fused-ring (bicyclic) bond motifs is 1.